The van der Waals surface area contributed by atoms with Gasteiger partial charge in [-0.3, -0.25) is 4.79 Å². The maximum atomic E-state index is 12.3. The van der Waals surface area contributed by atoms with Gasteiger partial charge in [-0.05, 0) is 91.8 Å². The van der Waals surface area contributed by atoms with Crippen LogP contribution in [0.5, 0.6) is 0 Å². The van der Waals surface area contributed by atoms with E-state index in [9.17, 15) is 9.90 Å². The molecule has 1 saturated heterocycles. The summed E-state index contributed by atoms with van der Waals surface area (Å²) in [6.45, 7) is 21.2. The van der Waals surface area contributed by atoms with E-state index in [2.05, 4.69) is 55.4 Å². The second kappa shape index (κ2) is 7.32. The van der Waals surface area contributed by atoms with Crippen LogP contribution < -0.4 is 0 Å². The molecule has 0 radical (unpaired) electrons. The highest BCUT2D eigenvalue weighted by Crippen LogP contribution is 2.83. The number of aliphatic hydroxyl groups is 1. The van der Waals surface area contributed by atoms with Crippen LogP contribution in [0, 0.1) is 56.7 Å². The summed E-state index contributed by atoms with van der Waals surface area (Å²) in [4.78, 5) is 11.9. The molecule has 5 aliphatic carbocycles. The van der Waals surface area contributed by atoms with E-state index in [0.717, 1.165) is 25.2 Å². The van der Waals surface area contributed by atoms with Crippen LogP contribution in [0.1, 0.15) is 114 Å². The Balaban J connectivity index is 1.42. The molecule has 0 aromatic rings. The fourth-order valence-corrected chi connectivity index (χ4v) is 12.9. The molecule has 0 aromatic heterocycles. The zero-order valence-corrected chi connectivity index (χ0v) is 24.4. The Bertz CT molecular complexity index is 960. The van der Waals surface area contributed by atoms with Crippen molar-refractivity contribution >= 4 is 5.97 Å². The van der Waals surface area contributed by atoms with Gasteiger partial charge in [0.05, 0.1) is 12.2 Å². The highest BCUT2D eigenvalue weighted by atomic mass is 16.6. The molecule has 6 rings (SSSR count). The second-order valence-corrected chi connectivity index (χ2v) is 16.1. The van der Waals surface area contributed by atoms with Gasteiger partial charge in [0.2, 0.25) is 0 Å². The topological polar surface area (TPSA) is 59.1 Å². The van der Waals surface area contributed by atoms with Crippen molar-refractivity contribution in [1.29, 1.82) is 0 Å². The molecular weight excluding hydrogens is 448 g/mol. The van der Waals surface area contributed by atoms with Gasteiger partial charge in [0.25, 0.3) is 0 Å². The summed E-state index contributed by atoms with van der Waals surface area (Å²) in [7, 11) is 0. The lowest BCUT2D eigenvalue weighted by Gasteiger charge is -2.73. The number of carbonyl (C=O) groups excluding carboxylic acids is 1. The predicted octanol–water partition coefficient (Wildman–Crippen LogP) is 6.78. The summed E-state index contributed by atoms with van der Waals surface area (Å²) < 4.78 is 13.0. The number of hydrogen-bond acceptors (Lipinski definition) is 4. The Morgan fingerprint density at radius 2 is 1.64 bits per heavy atom. The fourth-order valence-electron chi connectivity index (χ4n) is 12.9. The zero-order valence-electron chi connectivity index (χ0n) is 24.4. The lowest BCUT2D eigenvalue weighted by Crippen LogP contribution is -2.74. The molecule has 1 aliphatic heterocycles. The SMILES string of the molecule is CC(=O)O[C@H]1CC[C@]2(C)[C@H]3CC[C@@]4(C)[C@@H]5[C@@H](C)[C@H](C)CC[C@]5(C)C[C@@H]5O[C@@]54[C@]3(C)[C@H](O)C[C@H]2C1(C)C. The van der Waals surface area contributed by atoms with Crippen molar-refractivity contribution in [2.45, 2.75) is 138 Å². The van der Waals surface area contributed by atoms with Gasteiger partial charge in [-0.15, -0.1) is 0 Å². The van der Waals surface area contributed by atoms with Crippen LogP contribution in [0.2, 0.25) is 0 Å². The van der Waals surface area contributed by atoms with Crippen molar-refractivity contribution in [3.05, 3.63) is 0 Å². The smallest absolute Gasteiger partial charge is 0.302 e. The molecule has 36 heavy (non-hydrogen) atoms. The number of aliphatic hydroxyl groups excluding tert-OH is 1. The van der Waals surface area contributed by atoms with Crippen LogP contribution in [0.3, 0.4) is 0 Å². The third-order valence-electron chi connectivity index (χ3n) is 14.5. The molecule has 1 spiro atoms. The van der Waals surface area contributed by atoms with Crippen molar-refractivity contribution < 1.29 is 19.4 Å². The first-order valence-corrected chi connectivity index (χ1v) is 15.1. The van der Waals surface area contributed by atoms with Crippen LogP contribution in [-0.2, 0) is 14.3 Å². The van der Waals surface area contributed by atoms with E-state index < -0.39 is 0 Å². The number of fused-ring (bicyclic) bond motifs is 5. The largest absolute Gasteiger partial charge is 0.462 e. The lowest BCUT2D eigenvalue weighted by molar-refractivity contribution is -0.277. The fraction of sp³-hybridized carbons (Fsp3) is 0.969. The number of epoxide rings is 1. The van der Waals surface area contributed by atoms with Crippen LogP contribution in [0.4, 0.5) is 0 Å². The number of hydrogen-bond donors (Lipinski definition) is 1. The van der Waals surface area contributed by atoms with Crippen LogP contribution >= 0.6 is 0 Å². The molecule has 0 unspecified atom stereocenters. The number of ether oxygens (including phenoxy) is 2. The quantitative estimate of drug-likeness (QED) is 0.318. The van der Waals surface area contributed by atoms with Gasteiger partial charge < -0.3 is 14.6 Å². The summed E-state index contributed by atoms with van der Waals surface area (Å²) >= 11 is 0. The normalized spacial score (nSPS) is 60.9. The Kier molecular flexibility index (Phi) is 5.21. The summed E-state index contributed by atoms with van der Waals surface area (Å²) in [6, 6.07) is 0. The minimum Gasteiger partial charge on any atom is -0.462 e. The number of rotatable bonds is 1. The molecule has 1 heterocycles. The number of carbonyl (C=O) groups is 1. The third kappa shape index (κ3) is 2.72. The van der Waals surface area contributed by atoms with Crippen molar-refractivity contribution in [2.75, 3.05) is 0 Å². The Labute approximate surface area is 219 Å². The predicted molar refractivity (Wildman–Crippen MR) is 141 cm³/mol. The van der Waals surface area contributed by atoms with E-state index in [-0.39, 0.29) is 51.5 Å². The summed E-state index contributed by atoms with van der Waals surface area (Å²) in [5, 5.41) is 12.3. The Morgan fingerprint density at radius 3 is 2.31 bits per heavy atom. The Morgan fingerprint density at radius 1 is 0.944 bits per heavy atom. The molecule has 4 heteroatoms. The molecule has 0 aromatic carbocycles. The minimum atomic E-state index is -0.388. The maximum Gasteiger partial charge on any atom is 0.302 e. The summed E-state index contributed by atoms with van der Waals surface area (Å²) in [6.07, 6.45) is 8.83. The first-order chi connectivity index (χ1) is 16.6. The van der Waals surface area contributed by atoms with E-state index in [1.807, 2.05) is 0 Å². The van der Waals surface area contributed by atoms with E-state index in [1.54, 1.807) is 0 Å². The summed E-state index contributed by atoms with van der Waals surface area (Å²) in [5.74, 6) is 2.68. The average molecular weight is 501 g/mol. The van der Waals surface area contributed by atoms with Gasteiger partial charge in [0.1, 0.15) is 11.7 Å². The highest BCUT2D eigenvalue weighted by Gasteiger charge is 2.86. The zero-order chi connectivity index (χ0) is 26.3. The molecule has 0 bridgehead atoms. The van der Waals surface area contributed by atoms with Gasteiger partial charge in [-0.2, -0.15) is 0 Å². The minimum absolute atomic E-state index is 0.0680. The first-order valence-electron chi connectivity index (χ1n) is 15.1. The molecule has 204 valence electrons. The van der Waals surface area contributed by atoms with Crippen LogP contribution in [0.15, 0.2) is 0 Å². The third-order valence-corrected chi connectivity index (χ3v) is 14.5. The van der Waals surface area contributed by atoms with E-state index >= 15 is 0 Å². The summed E-state index contributed by atoms with van der Waals surface area (Å²) in [5.41, 5.74) is -0.0113. The standard InChI is InChI=1S/C32H52O4/c1-18-10-13-28(6)17-25-32(36-25)30(8,26(28)19(18)2)15-11-21-29(7)14-12-24(35-20(3)33)27(4,5)22(29)16-23(34)31(21,32)9/h18-19,21-26,34H,10-17H2,1-9H3/t18-,19+,21-,22+,23-,24+,25+,26-,28-,29-,30+,31+,32+/m1/s1. The van der Waals surface area contributed by atoms with Gasteiger partial charge in [0.15, 0.2) is 0 Å². The van der Waals surface area contributed by atoms with Crippen LogP contribution in [0.25, 0.3) is 0 Å². The van der Waals surface area contributed by atoms with E-state index in [0.29, 0.717) is 29.1 Å². The molecule has 13 atom stereocenters. The molecule has 6 aliphatic rings. The van der Waals surface area contributed by atoms with E-state index in [1.165, 1.54) is 39.0 Å². The lowest BCUT2D eigenvalue weighted by atomic mass is 9.31. The van der Waals surface area contributed by atoms with Gasteiger partial charge in [-0.25, -0.2) is 0 Å². The molecular formula is C32H52O4. The van der Waals surface area contributed by atoms with Crippen molar-refractivity contribution in [1.82, 2.24) is 0 Å². The van der Waals surface area contributed by atoms with Gasteiger partial charge >= 0.3 is 5.97 Å². The molecule has 5 saturated carbocycles. The van der Waals surface area contributed by atoms with Crippen molar-refractivity contribution in [3.8, 4) is 0 Å². The Hall–Kier alpha value is -0.610. The molecule has 1 N–H and O–H groups in total. The monoisotopic (exact) mass is 500 g/mol. The molecule has 0 amide bonds. The second-order valence-electron chi connectivity index (χ2n) is 16.1. The van der Waals surface area contributed by atoms with Gasteiger partial charge in [-0.1, -0.05) is 55.4 Å². The first kappa shape index (κ1) is 25.7. The van der Waals surface area contributed by atoms with Crippen molar-refractivity contribution in [2.24, 2.45) is 56.7 Å². The maximum absolute atomic E-state index is 12.3. The van der Waals surface area contributed by atoms with Crippen LogP contribution in [-0.4, -0.2) is 35.0 Å². The molecule has 4 nitrogen and oxygen atoms in total. The highest BCUT2D eigenvalue weighted by molar-refractivity contribution is 5.66. The van der Waals surface area contributed by atoms with Gasteiger partial charge in [0, 0.05) is 23.2 Å². The number of esters is 1. The average Bonchev–Trinajstić information content (AvgIpc) is 3.50. The molecule has 6 fully saturated rings. The van der Waals surface area contributed by atoms with E-state index in [4.69, 9.17) is 9.47 Å². The van der Waals surface area contributed by atoms with Crippen molar-refractivity contribution in [3.63, 3.8) is 0 Å².